The molecule has 162 valence electrons. The highest BCUT2D eigenvalue weighted by molar-refractivity contribution is 5.69. The molecule has 27 heavy (non-hydrogen) atoms. The van der Waals surface area contributed by atoms with Crippen molar-refractivity contribution in [1.82, 2.24) is 0 Å². The Balaban J connectivity index is 0. The van der Waals surface area contributed by atoms with Crippen LogP contribution in [0, 0.1) is 0 Å². The molecule has 0 rings (SSSR count). The number of unbranched alkanes of at least 4 members (excludes halogenated alkanes) is 5. The van der Waals surface area contributed by atoms with E-state index in [0.717, 1.165) is 38.5 Å². The third kappa shape index (κ3) is 27.1. The second kappa shape index (κ2) is 21.1. The van der Waals surface area contributed by atoms with E-state index >= 15 is 0 Å². The topological polar surface area (TPSA) is 102 Å². The highest BCUT2D eigenvalue weighted by Gasteiger charge is 2.06. The Hall–Kier alpha value is -1.18. The van der Waals surface area contributed by atoms with Crippen LogP contribution in [0.4, 0.5) is 0 Å². The zero-order valence-electron chi connectivity index (χ0n) is 17.6. The molecule has 0 saturated heterocycles. The minimum atomic E-state index is -0.101. The second-order valence-electron chi connectivity index (χ2n) is 6.76. The Bertz CT molecular complexity index is 311. The molecular weight excluding hydrogens is 352 g/mol. The maximum Gasteiger partial charge on any atom is 0.306 e. The summed E-state index contributed by atoms with van der Waals surface area (Å²) >= 11 is 0. The minimum Gasteiger partial charge on any atom is -0.463 e. The summed E-state index contributed by atoms with van der Waals surface area (Å²) in [6, 6.07) is 0. The Morgan fingerprint density at radius 1 is 0.667 bits per heavy atom. The molecule has 7 nitrogen and oxygen atoms in total. The number of carbonyl (C=O) groups is 2. The van der Waals surface area contributed by atoms with Gasteiger partial charge in [-0.15, -0.1) is 0 Å². The Kier molecular flexibility index (Phi) is 21.9. The molecule has 0 amide bonds. The van der Waals surface area contributed by atoms with Crippen molar-refractivity contribution in [2.45, 2.75) is 91.3 Å². The molecule has 0 heterocycles. The van der Waals surface area contributed by atoms with Crippen LogP contribution in [-0.2, 0) is 23.8 Å². The average Bonchev–Trinajstić information content (AvgIpc) is 2.57. The van der Waals surface area contributed by atoms with E-state index in [9.17, 15) is 9.59 Å². The molecule has 0 spiro atoms. The number of aliphatic hydroxyl groups is 2. The molecule has 0 aromatic carbocycles. The first-order valence-corrected chi connectivity index (χ1v) is 10.0. The summed E-state index contributed by atoms with van der Waals surface area (Å²) in [5.74, 6) is -0.201. The third-order valence-corrected chi connectivity index (χ3v) is 3.22. The predicted molar refractivity (Wildman–Crippen MR) is 104 cm³/mol. The van der Waals surface area contributed by atoms with Crippen molar-refractivity contribution in [2.75, 3.05) is 26.4 Å². The van der Waals surface area contributed by atoms with Crippen molar-refractivity contribution in [2.24, 2.45) is 0 Å². The maximum atomic E-state index is 11.3. The number of aliphatic hydroxyl groups excluding tert-OH is 2. The summed E-state index contributed by atoms with van der Waals surface area (Å²) in [6.07, 6.45) is 7.07. The van der Waals surface area contributed by atoms with E-state index in [2.05, 4.69) is 4.74 Å². The van der Waals surface area contributed by atoms with Crippen LogP contribution in [0.15, 0.2) is 0 Å². The van der Waals surface area contributed by atoms with Crippen molar-refractivity contribution < 1.29 is 34.0 Å². The second-order valence-corrected chi connectivity index (χ2v) is 6.76. The van der Waals surface area contributed by atoms with Crippen LogP contribution in [0.25, 0.3) is 0 Å². The molecule has 0 unspecified atom stereocenters. The number of hydrogen-bond acceptors (Lipinski definition) is 7. The van der Waals surface area contributed by atoms with Crippen LogP contribution >= 0.6 is 0 Å². The summed E-state index contributed by atoms with van der Waals surface area (Å²) in [5, 5.41) is 16.2. The van der Waals surface area contributed by atoms with Gasteiger partial charge >= 0.3 is 11.9 Å². The van der Waals surface area contributed by atoms with Crippen molar-refractivity contribution in [3.63, 3.8) is 0 Å². The average molecular weight is 393 g/mol. The lowest BCUT2D eigenvalue weighted by atomic mass is 10.1. The normalized spacial score (nSPS) is 10.5. The fourth-order valence-electron chi connectivity index (χ4n) is 2.12. The van der Waals surface area contributed by atoms with Gasteiger partial charge in [0.2, 0.25) is 0 Å². The van der Waals surface area contributed by atoms with Gasteiger partial charge in [-0.05, 0) is 40.5 Å². The Morgan fingerprint density at radius 2 is 1.00 bits per heavy atom. The predicted octanol–water partition coefficient (Wildman–Crippen LogP) is 3.00. The van der Waals surface area contributed by atoms with Crippen LogP contribution in [0.3, 0.4) is 0 Å². The number of hydrogen-bond donors (Lipinski definition) is 2. The standard InChI is InChI=1S/C16H30O4.C4H10O3/c1-13(2)19-15(17)11-9-7-5-6-8-10-12-16(18)20-14(3)4;5-1-3-7-4-2-6/h13-14H,5-12H2,1-4H3;5-6H,1-4H2. The summed E-state index contributed by atoms with van der Waals surface area (Å²) in [7, 11) is 0. The SMILES string of the molecule is CC(C)OC(=O)CCCCCCCCC(=O)OC(C)C.OCCOCCO. The van der Waals surface area contributed by atoms with Crippen LogP contribution in [0.2, 0.25) is 0 Å². The number of rotatable bonds is 15. The van der Waals surface area contributed by atoms with Gasteiger partial charge in [0.1, 0.15) is 0 Å². The van der Waals surface area contributed by atoms with E-state index in [1.54, 1.807) is 0 Å². The Morgan fingerprint density at radius 3 is 1.30 bits per heavy atom. The Labute approximate surface area is 164 Å². The van der Waals surface area contributed by atoms with E-state index in [1.165, 1.54) is 0 Å². The molecule has 0 aromatic rings. The third-order valence-electron chi connectivity index (χ3n) is 3.22. The maximum absolute atomic E-state index is 11.3. The number of ether oxygens (including phenoxy) is 3. The highest BCUT2D eigenvalue weighted by Crippen LogP contribution is 2.10. The lowest BCUT2D eigenvalue weighted by Gasteiger charge is -2.08. The van der Waals surface area contributed by atoms with Gasteiger partial charge < -0.3 is 24.4 Å². The van der Waals surface area contributed by atoms with Gasteiger partial charge in [0.25, 0.3) is 0 Å². The van der Waals surface area contributed by atoms with Gasteiger partial charge in [0.05, 0.1) is 38.6 Å². The summed E-state index contributed by atoms with van der Waals surface area (Å²) in [4.78, 5) is 22.6. The molecular formula is C20H40O7. The molecule has 0 aromatic heterocycles. The smallest absolute Gasteiger partial charge is 0.306 e. The van der Waals surface area contributed by atoms with E-state index in [4.69, 9.17) is 19.7 Å². The van der Waals surface area contributed by atoms with Crippen molar-refractivity contribution >= 4 is 11.9 Å². The lowest BCUT2D eigenvalue weighted by molar-refractivity contribution is -0.148. The molecule has 0 aliphatic carbocycles. The zero-order valence-corrected chi connectivity index (χ0v) is 17.6. The zero-order chi connectivity index (χ0) is 20.9. The van der Waals surface area contributed by atoms with Gasteiger partial charge in [0, 0.05) is 12.8 Å². The van der Waals surface area contributed by atoms with Crippen molar-refractivity contribution in [3.05, 3.63) is 0 Å². The summed E-state index contributed by atoms with van der Waals surface area (Å²) in [5.41, 5.74) is 0. The molecule has 7 heteroatoms. The van der Waals surface area contributed by atoms with Gasteiger partial charge in [-0.1, -0.05) is 25.7 Å². The van der Waals surface area contributed by atoms with Crippen LogP contribution < -0.4 is 0 Å². The summed E-state index contributed by atoms with van der Waals surface area (Å²) < 4.78 is 14.8. The van der Waals surface area contributed by atoms with Crippen LogP contribution in [0.1, 0.15) is 79.1 Å². The molecule has 2 N–H and O–H groups in total. The van der Waals surface area contributed by atoms with E-state index in [-0.39, 0.29) is 37.4 Å². The molecule has 0 atom stereocenters. The molecule has 0 radical (unpaired) electrons. The molecule has 0 aliphatic heterocycles. The molecule has 0 aliphatic rings. The minimum absolute atomic E-state index is 0.0203. The monoisotopic (exact) mass is 392 g/mol. The van der Waals surface area contributed by atoms with E-state index in [1.807, 2.05) is 27.7 Å². The lowest BCUT2D eigenvalue weighted by Crippen LogP contribution is -2.11. The van der Waals surface area contributed by atoms with Crippen molar-refractivity contribution in [3.8, 4) is 0 Å². The first-order valence-electron chi connectivity index (χ1n) is 10.0. The number of esters is 2. The highest BCUT2D eigenvalue weighted by atomic mass is 16.5. The van der Waals surface area contributed by atoms with E-state index in [0.29, 0.717) is 26.1 Å². The van der Waals surface area contributed by atoms with E-state index < -0.39 is 0 Å². The molecule has 0 saturated carbocycles. The number of carbonyl (C=O) groups excluding carboxylic acids is 2. The van der Waals surface area contributed by atoms with Gasteiger partial charge in [-0.2, -0.15) is 0 Å². The fraction of sp³-hybridized carbons (Fsp3) is 0.900. The van der Waals surface area contributed by atoms with Crippen molar-refractivity contribution in [1.29, 1.82) is 0 Å². The summed E-state index contributed by atoms with van der Waals surface area (Å²) in [6.45, 7) is 8.15. The van der Waals surface area contributed by atoms with Crippen LogP contribution in [-0.4, -0.2) is 60.8 Å². The largest absolute Gasteiger partial charge is 0.463 e. The van der Waals surface area contributed by atoms with Gasteiger partial charge in [-0.3, -0.25) is 9.59 Å². The molecule has 0 fully saturated rings. The quantitative estimate of drug-likeness (QED) is 0.326. The first kappa shape index (κ1) is 28.0. The van der Waals surface area contributed by atoms with Gasteiger partial charge in [-0.25, -0.2) is 0 Å². The van der Waals surface area contributed by atoms with Gasteiger partial charge in [0.15, 0.2) is 0 Å². The fourth-order valence-corrected chi connectivity index (χ4v) is 2.12. The first-order chi connectivity index (χ1) is 12.8. The van der Waals surface area contributed by atoms with Crippen LogP contribution in [0.5, 0.6) is 0 Å². The molecule has 0 bridgehead atoms.